The van der Waals surface area contributed by atoms with E-state index in [2.05, 4.69) is 29.1 Å². The van der Waals surface area contributed by atoms with Crippen molar-refractivity contribution in [3.05, 3.63) is 0 Å². The molecule has 0 spiro atoms. The Morgan fingerprint density at radius 1 is 1.22 bits per heavy atom. The van der Waals surface area contributed by atoms with Crippen LogP contribution in [0.15, 0.2) is 4.99 Å². The highest BCUT2D eigenvalue weighted by molar-refractivity contribution is 14.0. The van der Waals surface area contributed by atoms with Gasteiger partial charge >= 0.3 is 0 Å². The molecule has 1 heterocycles. The molecule has 3 N–H and O–H groups in total. The molecule has 1 saturated heterocycles. The Hall–Kier alpha value is -0.0800. The molecule has 0 radical (unpaired) electrons. The van der Waals surface area contributed by atoms with Crippen LogP contribution in [0, 0.1) is 5.92 Å². The van der Waals surface area contributed by atoms with Crippen molar-refractivity contribution in [1.29, 1.82) is 0 Å². The highest BCUT2D eigenvalue weighted by atomic mass is 127. The number of ether oxygens (including phenoxy) is 1. The summed E-state index contributed by atoms with van der Waals surface area (Å²) in [4.78, 5) is 7.18. The van der Waals surface area contributed by atoms with Gasteiger partial charge in [0.2, 0.25) is 0 Å². The van der Waals surface area contributed by atoms with Gasteiger partial charge in [-0.3, -0.25) is 9.89 Å². The van der Waals surface area contributed by atoms with Crippen LogP contribution in [0.5, 0.6) is 0 Å². The number of nitrogens with two attached hydrogens (primary N) is 1. The van der Waals surface area contributed by atoms with Gasteiger partial charge in [0.25, 0.3) is 0 Å². The first-order valence-electron chi connectivity index (χ1n) is 9.00. The number of aliphatic imine (C=N–C) groups is 1. The first kappa shape index (κ1) is 22.9. The van der Waals surface area contributed by atoms with Crippen molar-refractivity contribution in [2.24, 2.45) is 16.6 Å². The lowest BCUT2D eigenvalue weighted by molar-refractivity contribution is 0.145. The zero-order chi connectivity index (χ0) is 16.2. The van der Waals surface area contributed by atoms with Gasteiger partial charge in [-0.05, 0) is 45.2 Å². The predicted octanol–water partition coefficient (Wildman–Crippen LogP) is 2.84. The van der Waals surface area contributed by atoms with E-state index in [1.54, 1.807) is 0 Å². The van der Waals surface area contributed by atoms with Crippen LogP contribution in [0.2, 0.25) is 0 Å². The molecule has 1 aliphatic rings. The molecule has 6 heteroatoms. The smallest absolute Gasteiger partial charge is 0.188 e. The van der Waals surface area contributed by atoms with Crippen LogP contribution in [0.4, 0.5) is 0 Å². The standard InChI is InChI=1S/C17H36N4O.HI/c1-4-22-13-9-10-19-17(18)20-14-16(15(2)3)21-11-7-5-6-8-12-21;/h15-16H,4-14H2,1-3H3,(H3,18,19,20);1H. The van der Waals surface area contributed by atoms with Crippen LogP contribution in [0.25, 0.3) is 0 Å². The van der Waals surface area contributed by atoms with Gasteiger partial charge in [-0.25, -0.2) is 0 Å². The highest BCUT2D eigenvalue weighted by Gasteiger charge is 2.22. The monoisotopic (exact) mass is 440 g/mol. The first-order chi connectivity index (χ1) is 10.6. The fourth-order valence-electron chi connectivity index (χ4n) is 2.96. The summed E-state index contributed by atoms with van der Waals surface area (Å²) in [6.07, 6.45) is 6.34. The lowest BCUT2D eigenvalue weighted by atomic mass is 10.0. The van der Waals surface area contributed by atoms with E-state index < -0.39 is 0 Å². The number of rotatable bonds is 9. The molecule has 1 unspecified atom stereocenters. The Morgan fingerprint density at radius 2 is 1.87 bits per heavy atom. The molecule has 0 amide bonds. The number of hydrogen-bond donors (Lipinski definition) is 2. The van der Waals surface area contributed by atoms with Gasteiger partial charge in [0.15, 0.2) is 5.96 Å². The van der Waals surface area contributed by atoms with E-state index in [9.17, 15) is 0 Å². The molecular formula is C17H37IN4O. The lowest BCUT2D eigenvalue weighted by Crippen LogP contribution is -2.43. The molecule has 0 aromatic heterocycles. The van der Waals surface area contributed by atoms with Gasteiger partial charge in [-0.1, -0.05) is 26.7 Å². The Bertz CT molecular complexity index is 305. The summed E-state index contributed by atoms with van der Waals surface area (Å²) in [6.45, 7) is 12.2. The molecule has 0 aromatic carbocycles. The van der Waals surface area contributed by atoms with E-state index in [0.29, 0.717) is 17.9 Å². The van der Waals surface area contributed by atoms with Crippen molar-refractivity contribution in [3.8, 4) is 0 Å². The maximum absolute atomic E-state index is 5.98. The fraction of sp³-hybridized carbons (Fsp3) is 0.941. The Morgan fingerprint density at radius 3 is 2.43 bits per heavy atom. The normalized spacial score (nSPS) is 18.3. The van der Waals surface area contributed by atoms with Gasteiger partial charge in [-0.15, -0.1) is 24.0 Å². The van der Waals surface area contributed by atoms with Crippen molar-refractivity contribution in [1.82, 2.24) is 10.2 Å². The fourth-order valence-corrected chi connectivity index (χ4v) is 2.96. The minimum absolute atomic E-state index is 0. The molecular weight excluding hydrogens is 403 g/mol. The molecule has 0 bridgehead atoms. The maximum atomic E-state index is 5.98. The van der Waals surface area contributed by atoms with E-state index in [-0.39, 0.29) is 24.0 Å². The first-order valence-corrected chi connectivity index (χ1v) is 9.00. The van der Waals surface area contributed by atoms with Crippen molar-refractivity contribution < 1.29 is 4.74 Å². The number of halogens is 1. The molecule has 1 rings (SSSR count). The molecule has 1 aliphatic heterocycles. The predicted molar refractivity (Wildman–Crippen MR) is 110 cm³/mol. The van der Waals surface area contributed by atoms with E-state index in [4.69, 9.17) is 10.5 Å². The SMILES string of the molecule is CCOCCCNC(N)=NCC(C(C)C)N1CCCCCC1.I. The van der Waals surface area contributed by atoms with Crippen LogP contribution >= 0.6 is 24.0 Å². The van der Waals surface area contributed by atoms with Crippen LogP contribution in [-0.2, 0) is 4.74 Å². The number of nitrogens with one attached hydrogen (secondary N) is 1. The Balaban J connectivity index is 0.00000484. The summed E-state index contributed by atoms with van der Waals surface area (Å²) in [7, 11) is 0. The third kappa shape index (κ3) is 10.4. The van der Waals surface area contributed by atoms with E-state index in [1.807, 2.05) is 6.92 Å². The number of guanidine groups is 1. The Kier molecular flexibility index (Phi) is 14.2. The van der Waals surface area contributed by atoms with Crippen LogP contribution in [0.3, 0.4) is 0 Å². The summed E-state index contributed by atoms with van der Waals surface area (Å²) >= 11 is 0. The third-order valence-corrected chi connectivity index (χ3v) is 4.30. The van der Waals surface area contributed by atoms with Gasteiger partial charge < -0.3 is 15.8 Å². The topological polar surface area (TPSA) is 62.9 Å². The van der Waals surface area contributed by atoms with Gasteiger partial charge in [-0.2, -0.15) is 0 Å². The second-order valence-electron chi connectivity index (χ2n) is 6.46. The largest absolute Gasteiger partial charge is 0.382 e. The number of hydrogen-bond acceptors (Lipinski definition) is 3. The van der Waals surface area contributed by atoms with E-state index in [0.717, 1.165) is 32.7 Å². The average Bonchev–Trinajstić information content (AvgIpc) is 2.76. The lowest BCUT2D eigenvalue weighted by Gasteiger charge is -2.32. The van der Waals surface area contributed by atoms with E-state index in [1.165, 1.54) is 38.8 Å². The number of nitrogens with zero attached hydrogens (tertiary/aromatic N) is 2. The van der Waals surface area contributed by atoms with Gasteiger partial charge in [0, 0.05) is 25.8 Å². The van der Waals surface area contributed by atoms with Crippen LogP contribution in [-0.4, -0.2) is 56.3 Å². The molecule has 1 fully saturated rings. The molecule has 1 atom stereocenters. The zero-order valence-electron chi connectivity index (χ0n) is 15.2. The molecule has 0 saturated carbocycles. The quantitative estimate of drug-likeness (QED) is 0.251. The van der Waals surface area contributed by atoms with Crippen molar-refractivity contribution in [2.45, 2.75) is 58.9 Å². The molecule has 0 aliphatic carbocycles. The summed E-state index contributed by atoms with van der Waals surface area (Å²) in [5.41, 5.74) is 5.98. The molecule has 0 aromatic rings. The number of likely N-dealkylation sites (tertiary alicyclic amines) is 1. The zero-order valence-corrected chi connectivity index (χ0v) is 17.6. The molecule has 138 valence electrons. The summed E-state index contributed by atoms with van der Waals surface area (Å²) in [5, 5.41) is 3.18. The summed E-state index contributed by atoms with van der Waals surface area (Å²) < 4.78 is 5.31. The summed E-state index contributed by atoms with van der Waals surface area (Å²) in [5.74, 6) is 1.17. The summed E-state index contributed by atoms with van der Waals surface area (Å²) in [6, 6.07) is 0.502. The minimum atomic E-state index is 0. The third-order valence-electron chi connectivity index (χ3n) is 4.30. The minimum Gasteiger partial charge on any atom is -0.382 e. The highest BCUT2D eigenvalue weighted by Crippen LogP contribution is 2.17. The molecule has 23 heavy (non-hydrogen) atoms. The van der Waals surface area contributed by atoms with Crippen molar-refractivity contribution in [3.63, 3.8) is 0 Å². The maximum Gasteiger partial charge on any atom is 0.188 e. The average molecular weight is 440 g/mol. The van der Waals surface area contributed by atoms with E-state index >= 15 is 0 Å². The van der Waals surface area contributed by atoms with Gasteiger partial charge in [0.1, 0.15) is 0 Å². The van der Waals surface area contributed by atoms with Gasteiger partial charge in [0.05, 0.1) is 6.54 Å². The second-order valence-corrected chi connectivity index (χ2v) is 6.46. The van der Waals surface area contributed by atoms with Crippen LogP contribution in [0.1, 0.15) is 52.9 Å². The molecule has 5 nitrogen and oxygen atoms in total. The van der Waals surface area contributed by atoms with Crippen molar-refractivity contribution >= 4 is 29.9 Å². The Labute approximate surface area is 159 Å². The second kappa shape index (κ2) is 14.3. The van der Waals surface area contributed by atoms with Crippen LogP contribution < -0.4 is 11.1 Å². The van der Waals surface area contributed by atoms with Crippen molar-refractivity contribution in [2.75, 3.05) is 39.4 Å².